The van der Waals surface area contributed by atoms with E-state index >= 15 is 0 Å². The molecule has 0 aromatic heterocycles. The lowest BCUT2D eigenvalue weighted by Crippen LogP contribution is -2.72. The molecule has 0 aromatic rings. The zero-order chi connectivity index (χ0) is 32.0. The lowest BCUT2D eigenvalue weighted by molar-refractivity contribution is -0.272. The van der Waals surface area contributed by atoms with Crippen LogP contribution in [0.5, 0.6) is 0 Å². The van der Waals surface area contributed by atoms with Gasteiger partial charge in [-0.3, -0.25) is 14.4 Å². The van der Waals surface area contributed by atoms with Crippen LogP contribution in [0.1, 0.15) is 59.8 Å². The number of rotatable bonds is 6. The first-order valence-corrected chi connectivity index (χ1v) is 14.1. The topological polar surface area (TPSA) is 148 Å². The second-order valence-corrected chi connectivity index (χ2v) is 12.7. The number of nitrogens with one attached hydrogen (secondary N) is 1. The summed E-state index contributed by atoms with van der Waals surface area (Å²) in [6.45, 7) is 11.8. The van der Waals surface area contributed by atoms with Crippen LogP contribution < -0.4 is 5.32 Å². The third-order valence-corrected chi connectivity index (χ3v) is 10.2. The molecule has 10 nitrogen and oxygen atoms in total. The SMILES string of the molecule is C=C1C(=O)[C@]23[C@H](OC(=O)[C@H](C)NC)[C@H]1C[C@H](O)[C@H]2[C@]1(COC(C)=O)CCCC(C)(C)[C@H]1C[C@H]3OC.O=C(O)C(F)(F)F. The summed E-state index contributed by atoms with van der Waals surface area (Å²) >= 11 is 0. The van der Waals surface area contributed by atoms with Crippen LogP contribution in [0.4, 0.5) is 13.2 Å². The summed E-state index contributed by atoms with van der Waals surface area (Å²) in [5.41, 5.74) is -1.65. The number of aliphatic hydroxyl groups excluding tert-OH is 1. The molecule has 4 saturated carbocycles. The molecule has 1 spiro atoms. The number of alkyl halides is 3. The third-order valence-electron chi connectivity index (χ3n) is 10.2. The largest absolute Gasteiger partial charge is 0.490 e. The molecule has 4 rings (SSSR count). The van der Waals surface area contributed by atoms with Gasteiger partial charge in [-0.05, 0) is 56.6 Å². The second-order valence-electron chi connectivity index (χ2n) is 12.7. The Morgan fingerprint density at radius 3 is 2.29 bits per heavy atom. The molecular formula is C29H42F3NO9. The first-order valence-electron chi connectivity index (χ1n) is 14.1. The molecule has 0 saturated heterocycles. The van der Waals surface area contributed by atoms with Gasteiger partial charge < -0.3 is 29.7 Å². The van der Waals surface area contributed by atoms with E-state index in [0.29, 0.717) is 18.4 Å². The van der Waals surface area contributed by atoms with E-state index in [4.69, 9.17) is 24.1 Å². The lowest BCUT2D eigenvalue weighted by atomic mass is 9.39. The first-order chi connectivity index (χ1) is 19.3. The van der Waals surface area contributed by atoms with Crippen LogP contribution in [-0.2, 0) is 33.4 Å². The zero-order valence-electron chi connectivity index (χ0n) is 24.9. The van der Waals surface area contributed by atoms with Crippen molar-refractivity contribution in [2.45, 2.75) is 90.3 Å². The van der Waals surface area contributed by atoms with Gasteiger partial charge in [0.05, 0.1) is 18.8 Å². The van der Waals surface area contributed by atoms with Crippen molar-refractivity contribution in [2.24, 2.45) is 34.0 Å². The number of likely N-dealkylation sites (N-methyl/N-ethyl adjacent to an activating group) is 1. The Kier molecular flexibility index (Phi) is 9.61. The molecule has 0 amide bonds. The highest BCUT2D eigenvalue weighted by Gasteiger charge is 2.78. The number of aliphatic hydroxyl groups is 1. The Morgan fingerprint density at radius 1 is 1.19 bits per heavy atom. The summed E-state index contributed by atoms with van der Waals surface area (Å²) in [7, 11) is 3.27. The van der Waals surface area contributed by atoms with Gasteiger partial charge >= 0.3 is 24.1 Å². The van der Waals surface area contributed by atoms with E-state index in [9.17, 15) is 32.7 Å². The number of fused-ring (bicyclic) bond motifs is 3. The number of ether oxygens (including phenoxy) is 3. The summed E-state index contributed by atoms with van der Waals surface area (Å²) in [5.74, 6) is -4.80. The maximum Gasteiger partial charge on any atom is 0.490 e. The quantitative estimate of drug-likeness (QED) is 0.305. The number of halogens is 3. The summed E-state index contributed by atoms with van der Waals surface area (Å²) in [5, 5.41) is 21.8. The van der Waals surface area contributed by atoms with Gasteiger partial charge in [0.15, 0.2) is 5.78 Å². The molecule has 4 aliphatic rings. The number of carbonyl (C=O) groups is 4. The minimum atomic E-state index is -5.08. The van der Waals surface area contributed by atoms with Gasteiger partial charge in [-0.2, -0.15) is 13.2 Å². The first kappa shape index (κ1) is 34.0. The van der Waals surface area contributed by atoms with Crippen molar-refractivity contribution in [3.63, 3.8) is 0 Å². The maximum absolute atomic E-state index is 14.2. The van der Waals surface area contributed by atoms with E-state index in [0.717, 1.165) is 12.8 Å². The molecule has 13 heteroatoms. The van der Waals surface area contributed by atoms with Gasteiger partial charge in [0.1, 0.15) is 17.6 Å². The van der Waals surface area contributed by atoms with Crippen LogP contribution >= 0.6 is 0 Å². The fraction of sp³-hybridized carbons (Fsp3) is 0.793. The number of Topliss-reactive ketones (excluding diaryl/α,β-unsaturated/α-hetero) is 1. The Hall–Kier alpha value is -2.51. The fourth-order valence-corrected chi connectivity index (χ4v) is 8.43. The van der Waals surface area contributed by atoms with Crippen LogP contribution in [0.3, 0.4) is 0 Å². The second kappa shape index (κ2) is 11.9. The predicted molar refractivity (Wildman–Crippen MR) is 142 cm³/mol. The highest BCUT2D eigenvalue weighted by molar-refractivity contribution is 6.05. The van der Waals surface area contributed by atoms with E-state index < -0.39 is 65.1 Å². The van der Waals surface area contributed by atoms with Gasteiger partial charge in [0, 0.05) is 31.3 Å². The standard InChI is InChI=1S/C27H41NO7.C2HF3O2/c1-14-17-11-18(30)21-26(13-34-16(3)29)10-8-9-25(4,5)19(26)12-20(33-7)27(21,22(14)31)23(17)35-24(32)15(2)28-6;3-2(4,5)1(6)7/h15,17-21,23,28,30H,1,8-13H2,2-7H3;(H,6,7)/t15-,17-,18-,19+,20+,21-,23+,26-,27+;/m0./s1. The van der Waals surface area contributed by atoms with Crippen molar-refractivity contribution in [3.8, 4) is 0 Å². The number of carboxylic acid groups (broad SMARTS) is 1. The highest BCUT2D eigenvalue weighted by Crippen LogP contribution is 2.72. The molecule has 0 heterocycles. The molecule has 2 bridgehead atoms. The monoisotopic (exact) mass is 605 g/mol. The normalized spacial score (nSPS) is 37.4. The average Bonchev–Trinajstić information content (AvgIpc) is 3.02. The number of esters is 2. The number of carbonyl (C=O) groups excluding carboxylic acids is 3. The van der Waals surface area contributed by atoms with Gasteiger partial charge in [-0.25, -0.2) is 4.79 Å². The molecular weight excluding hydrogens is 563 g/mol. The Morgan fingerprint density at radius 2 is 1.79 bits per heavy atom. The van der Waals surface area contributed by atoms with Crippen molar-refractivity contribution in [3.05, 3.63) is 12.2 Å². The van der Waals surface area contributed by atoms with E-state index in [1.807, 2.05) is 0 Å². The van der Waals surface area contributed by atoms with Crippen molar-refractivity contribution in [1.29, 1.82) is 0 Å². The van der Waals surface area contributed by atoms with Crippen LogP contribution in [0.15, 0.2) is 12.2 Å². The summed E-state index contributed by atoms with van der Waals surface area (Å²) in [4.78, 5) is 48.1. The number of methoxy groups -OCH3 is 1. The number of carboxylic acids is 1. The molecule has 0 radical (unpaired) electrons. The molecule has 4 fully saturated rings. The van der Waals surface area contributed by atoms with Crippen molar-refractivity contribution in [2.75, 3.05) is 20.8 Å². The molecule has 3 N–H and O–H groups in total. The average molecular weight is 606 g/mol. The van der Waals surface area contributed by atoms with E-state index in [2.05, 4.69) is 25.7 Å². The number of hydrogen-bond acceptors (Lipinski definition) is 9. The molecule has 0 aromatic carbocycles. The maximum atomic E-state index is 14.2. The van der Waals surface area contributed by atoms with Crippen molar-refractivity contribution >= 4 is 23.7 Å². The molecule has 4 aliphatic carbocycles. The van der Waals surface area contributed by atoms with Crippen LogP contribution in [-0.4, -0.2) is 85.2 Å². The molecule has 42 heavy (non-hydrogen) atoms. The molecule has 9 atom stereocenters. The van der Waals surface area contributed by atoms with Crippen molar-refractivity contribution < 1.29 is 56.8 Å². The van der Waals surface area contributed by atoms with Crippen LogP contribution in [0.25, 0.3) is 0 Å². The third kappa shape index (κ3) is 5.47. The molecule has 0 aliphatic heterocycles. The highest BCUT2D eigenvalue weighted by atomic mass is 19.4. The van der Waals surface area contributed by atoms with Gasteiger partial charge in [0.2, 0.25) is 0 Å². The summed E-state index contributed by atoms with van der Waals surface area (Å²) in [6, 6.07) is -0.555. The van der Waals surface area contributed by atoms with E-state index in [-0.39, 0.29) is 36.1 Å². The number of ketones is 1. The number of hydrogen-bond donors (Lipinski definition) is 3. The summed E-state index contributed by atoms with van der Waals surface area (Å²) in [6.07, 6.45) is -3.86. The van der Waals surface area contributed by atoms with Crippen LogP contribution in [0, 0.1) is 34.0 Å². The van der Waals surface area contributed by atoms with Crippen LogP contribution in [0.2, 0.25) is 0 Å². The van der Waals surface area contributed by atoms with Gasteiger partial charge in [-0.1, -0.05) is 26.8 Å². The number of aliphatic carboxylic acids is 1. The lowest BCUT2D eigenvalue weighted by Gasteiger charge is -2.67. The molecule has 238 valence electrons. The fourth-order valence-electron chi connectivity index (χ4n) is 8.43. The molecule has 0 unspecified atom stereocenters. The Balaban J connectivity index is 0.000000616. The summed E-state index contributed by atoms with van der Waals surface area (Å²) < 4.78 is 49.6. The van der Waals surface area contributed by atoms with E-state index in [1.165, 1.54) is 6.92 Å². The van der Waals surface area contributed by atoms with E-state index in [1.54, 1.807) is 21.1 Å². The predicted octanol–water partition coefficient (Wildman–Crippen LogP) is 3.06. The van der Waals surface area contributed by atoms with Gasteiger partial charge in [0.25, 0.3) is 0 Å². The zero-order valence-corrected chi connectivity index (χ0v) is 24.9. The Labute approximate surface area is 243 Å². The minimum absolute atomic E-state index is 0.0455. The van der Waals surface area contributed by atoms with Gasteiger partial charge in [-0.15, -0.1) is 0 Å². The van der Waals surface area contributed by atoms with Crippen molar-refractivity contribution in [1.82, 2.24) is 5.32 Å². The minimum Gasteiger partial charge on any atom is -0.475 e. The smallest absolute Gasteiger partial charge is 0.475 e. The Bertz CT molecular complexity index is 1110.